The van der Waals surface area contributed by atoms with Crippen molar-refractivity contribution in [3.63, 3.8) is 0 Å². The van der Waals surface area contributed by atoms with Crippen molar-refractivity contribution in [1.29, 1.82) is 0 Å². The van der Waals surface area contributed by atoms with Gasteiger partial charge in [0.05, 0.1) is 5.69 Å². The molecule has 1 aromatic carbocycles. The van der Waals surface area contributed by atoms with Gasteiger partial charge in [-0.2, -0.15) is 0 Å². The molecule has 0 aliphatic carbocycles. The van der Waals surface area contributed by atoms with Crippen LogP contribution in [-0.2, 0) is 0 Å². The molecule has 2 aromatic rings. The summed E-state index contributed by atoms with van der Waals surface area (Å²) in [6.07, 6.45) is 0. The number of hydrogen-bond acceptors (Lipinski definition) is 3. The third kappa shape index (κ3) is 2.50. The molecule has 94 valence electrons. The lowest BCUT2D eigenvalue weighted by atomic mass is 10.3. The molecule has 0 spiro atoms. The normalized spacial score (nSPS) is 10.7. The van der Waals surface area contributed by atoms with Crippen LogP contribution in [0, 0.1) is 6.92 Å². The molecule has 0 saturated heterocycles. The number of aromatic carboxylic acids is 1. The standard InChI is InChI=1S/C10H6Br3N3O2/c1-4-14-9(10(17)18)15-16(4)8-6(12)2-5(11)3-7(8)13/h2-3H,1H3,(H,17,18). The van der Waals surface area contributed by atoms with Gasteiger partial charge in [-0.3, -0.25) is 0 Å². The molecule has 0 bridgehead atoms. The Morgan fingerprint density at radius 3 is 2.28 bits per heavy atom. The van der Waals surface area contributed by atoms with Crippen molar-refractivity contribution in [3.8, 4) is 5.69 Å². The number of nitrogens with zero attached hydrogens (tertiary/aromatic N) is 3. The highest BCUT2D eigenvalue weighted by molar-refractivity contribution is 9.11. The van der Waals surface area contributed by atoms with Crippen LogP contribution in [0.5, 0.6) is 0 Å². The summed E-state index contributed by atoms with van der Waals surface area (Å²) in [4.78, 5) is 14.7. The molecule has 8 heteroatoms. The van der Waals surface area contributed by atoms with Gasteiger partial charge in [-0.25, -0.2) is 14.5 Å². The molecule has 0 aliphatic heterocycles. The smallest absolute Gasteiger partial charge is 0.375 e. The fourth-order valence-corrected chi connectivity index (χ4v) is 4.02. The van der Waals surface area contributed by atoms with Crippen molar-refractivity contribution in [3.05, 3.63) is 37.2 Å². The summed E-state index contributed by atoms with van der Waals surface area (Å²) in [7, 11) is 0. The first kappa shape index (κ1) is 13.7. The van der Waals surface area contributed by atoms with E-state index in [4.69, 9.17) is 5.11 Å². The number of carboxylic acids is 1. The van der Waals surface area contributed by atoms with E-state index in [1.165, 1.54) is 4.68 Å². The fourth-order valence-electron chi connectivity index (χ4n) is 1.43. The summed E-state index contributed by atoms with van der Waals surface area (Å²) >= 11 is 10.2. The summed E-state index contributed by atoms with van der Waals surface area (Å²) in [6, 6.07) is 3.70. The van der Waals surface area contributed by atoms with E-state index in [0.717, 1.165) is 13.4 Å². The minimum absolute atomic E-state index is 0.228. The number of hydrogen-bond donors (Lipinski definition) is 1. The Hall–Kier alpha value is -0.730. The van der Waals surface area contributed by atoms with Crippen molar-refractivity contribution in [2.24, 2.45) is 0 Å². The van der Waals surface area contributed by atoms with E-state index in [9.17, 15) is 4.79 Å². The Morgan fingerprint density at radius 2 is 1.83 bits per heavy atom. The lowest BCUT2D eigenvalue weighted by molar-refractivity contribution is 0.0683. The number of carbonyl (C=O) groups is 1. The maximum Gasteiger partial charge on any atom is 0.375 e. The molecule has 0 fully saturated rings. The number of benzene rings is 1. The van der Waals surface area contributed by atoms with Crippen LogP contribution in [0.2, 0.25) is 0 Å². The summed E-state index contributed by atoms with van der Waals surface area (Å²) in [5, 5.41) is 12.8. The highest BCUT2D eigenvalue weighted by Gasteiger charge is 2.17. The molecule has 0 unspecified atom stereocenters. The predicted octanol–water partition coefficient (Wildman–Crippen LogP) is 3.56. The second-order valence-electron chi connectivity index (χ2n) is 3.42. The zero-order valence-electron chi connectivity index (χ0n) is 8.99. The predicted molar refractivity (Wildman–Crippen MR) is 76.2 cm³/mol. The molecule has 1 heterocycles. The topological polar surface area (TPSA) is 68.0 Å². The van der Waals surface area contributed by atoms with Crippen LogP contribution in [0.1, 0.15) is 16.4 Å². The molecule has 0 amide bonds. The quantitative estimate of drug-likeness (QED) is 0.776. The third-order valence-electron chi connectivity index (χ3n) is 2.15. The largest absolute Gasteiger partial charge is 0.475 e. The van der Waals surface area contributed by atoms with E-state index >= 15 is 0 Å². The summed E-state index contributed by atoms with van der Waals surface area (Å²) in [5.41, 5.74) is 0.704. The van der Waals surface area contributed by atoms with E-state index < -0.39 is 5.97 Å². The Balaban J connectivity index is 2.66. The minimum Gasteiger partial charge on any atom is -0.475 e. The maximum atomic E-state index is 10.9. The Bertz CT molecular complexity index is 616. The second kappa shape index (κ2) is 5.10. The minimum atomic E-state index is -1.15. The van der Waals surface area contributed by atoms with E-state index in [2.05, 4.69) is 57.9 Å². The van der Waals surface area contributed by atoms with Crippen LogP contribution < -0.4 is 0 Å². The van der Waals surface area contributed by atoms with Gasteiger partial charge in [0.1, 0.15) is 5.82 Å². The fraction of sp³-hybridized carbons (Fsp3) is 0.100. The van der Waals surface area contributed by atoms with E-state index in [1.54, 1.807) is 6.92 Å². The van der Waals surface area contributed by atoms with Gasteiger partial charge in [-0.15, -0.1) is 5.10 Å². The van der Waals surface area contributed by atoms with E-state index in [-0.39, 0.29) is 5.82 Å². The van der Waals surface area contributed by atoms with Crippen LogP contribution >= 0.6 is 47.8 Å². The van der Waals surface area contributed by atoms with Crippen LogP contribution in [0.3, 0.4) is 0 Å². The molecule has 0 atom stereocenters. The van der Waals surface area contributed by atoms with Gasteiger partial charge in [0.25, 0.3) is 5.82 Å². The third-order valence-corrected chi connectivity index (χ3v) is 3.82. The number of halogens is 3. The lowest BCUT2D eigenvalue weighted by Gasteiger charge is -2.09. The van der Waals surface area contributed by atoms with Gasteiger partial charge < -0.3 is 5.11 Å². The molecule has 18 heavy (non-hydrogen) atoms. The summed E-state index contributed by atoms with van der Waals surface area (Å²) in [5.74, 6) is -0.883. The van der Waals surface area contributed by atoms with E-state index in [1.807, 2.05) is 12.1 Å². The Kier molecular flexibility index (Phi) is 3.88. The molecule has 5 nitrogen and oxygen atoms in total. The SMILES string of the molecule is Cc1nc(C(=O)O)nn1-c1c(Br)cc(Br)cc1Br. The molecule has 2 rings (SSSR count). The average Bonchev–Trinajstić information content (AvgIpc) is 2.59. The van der Waals surface area contributed by atoms with Crippen LogP contribution in [0.15, 0.2) is 25.6 Å². The first-order valence-corrected chi connectivity index (χ1v) is 7.10. The van der Waals surface area contributed by atoms with Crippen LogP contribution in [-0.4, -0.2) is 25.8 Å². The molecule has 0 radical (unpaired) electrons. The zero-order chi connectivity index (χ0) is 13.4. The second-order valence-corrected chi connectivity index (χ2v) is 6.04. The monoisotopic (exact) mass is 437 g/mol. The molecule has 1 aromatic heterocycles. The highest BCUT2D eigenvalue weighted by atomic mass is 79.9. The maximum absolute atomic E-state index is 10.9. The molecule has 0 saturated carbocycles. The van der Waals surface area contributed by atoms with E-state index in [0.29, 0.717) is 11.5 Å². The van der Waals surface area contributed by atoms with Gasteiger partial charge in [0.2, 0.25) is 0 Å². The zero-order valence-corrected chi connectivity index (χ0v) is 13.7. The van der Waals surface area contributed by atoms with Crippen molar-refractivity contribution < 1.29 is 9.90 Å². The number of aryl methyl sites for hydroxylation is 1. The molecule has 1 N–H and O–H groups in total. The van der Waals surface area contributed by atoms with Gasteiger partial charge >= 0.3 is 5.97 Å². The van der Waals surface area contributed by atoms with Crippen molar-refractivity contribution in [2.75, 3.05) is 0 Å². The lowest BCUT2D eigenvalue weighted by Crippen LogP contribution is -2.04. The molecule has 0 aliphatic rings. The van der Waals surface area contributed by atoms with Crippen LogP contribution in [0.25, 0.3) is 5.69 Å². The van der Waals surface area contributed by atoms with Gasteiger partial charge in [0, 0.05) is 13.4 Å². The Labute approximate surface area is 128 Å². The van der Waals surface area contributed by atoms with Crippen LogP contribution in [0.4, 0.5) is 0 Å². The van der Waals surface area contributed by atoms with Crippen molar-refractivity contribution >= 4 is 53.8 Å². The number of rotatable bonds is 2. The first-order valence-electron chi connectivity index (χ1n) is 4.72. The summed E-state index contributed by atoms with van der Waals surface area (Å²) in [6.45, 7) is 1.69. The first-order chi connectivity index (χ1) is 8.40. The van der Waals surface area contributed by atoms with Crippen molar-refractivity contribution in [2.45, 2.75) is 6.92 Å². The molecular weight excluding hydrogens is 434 g/mol. The Morgan fingerprint density at radius 1 is 1.28 bits per heavy atom. The number of aromatic nitrogens is 3. The van der Waals surface area contributed by atoms with Gasteiger partial charge in [-0.1, -0.05) is 15.9 Å². The van der Waals surface area contributed by atoms with Gasteiger partial charge in [-0.05, 0) is 50.9 Å². The molecular formula is C10H6Br3N3O2. The highest BCUT2D eigenvalue weighted by Crippen LogP contribution is 2.32. The van der Waals surface area contributed by atoms with Crippen molar-refractivity contribution in [1.82, 2.24) is 14.8 Å². The average molecular weight is 440 g/mol. The number of carboxylic acid groups (broad SMARTS) is 1. The summed E-state index contributed by atoms with van der Waals surface area (Å²) < 4.78 is 3.91. The van der Waals surface area contributed by atoms with Gasteiger partial charge in [0.15, 0.2) is 0 Å².